The second-order valence-corrected chi connectivity index (χ2v) is 4.83. The van der Waals surface area contributed by atoms with E-state index in [1.807, 2.05) is 18.2 Å². The minimum absolute atomic E-state index is 0.121. The number of hydrogen-bond donors (Lipinski definition) is 0. The van der Waals surface area contributed by atoms with Crippen LogP contribution in [0.5, 0.6) is 0 Å². The minimum atomic E-state index is -0.215. The maximum atomic E-state index is 12.3. The van der Waals surface area contributed by atoms with Crippen LogP contribution in [0.4, 0.5) is 5.69 Å². The Kier molecular flexibility index (Phi) is 2.68. The number of nitrogens with zero attached hydrogens (tertiary/aromatic N) is 2. The van der Waals surface area contributed by atoms with Gasteiger partial charge in [0.25, 0.3) is 0 Å². The lowest BCUT2D eigenvalue weighted by molar-refractivity contribution is -0.122. The van der Waals surface area contributed by atoms with Crippen LogP contribution in [0.3, 0.4) is 0 Å². The van der Waals surface area contributed by atoms with Crippen LogP contribution in [0.15, 0.2) is 36.4 Å². The molecule has 3 rings (SSSR count). The number of carbonyl (C=O) groups is 2. The van der Waals surface area contributed by atoms with Gasteiger partial charge in [-0.3, -0.25) is 14.5 Å². The third-order valence-corrected chi connectivity index (χ3v) is 3.76. The minimum Gasteiger partial charge on any atom is -0.274 e. The van der Waals surface area contributed by atoms with Crippen molar-refractivity contribution in [1.29, 1.82) is 5.26 Å². The number of nitriles is 1. The van der Waals surface area contributed by atoms with Gasteiger partial charge >= 0.3 is 0 Å². The van der Waals surface area contributed by atoms with Crippen LogP contribution in [0, 0.1) is 23.2 Å². The molecule has 0 radical (unpaired) electrons. The molecule has 0 aromatic heterocycles. The molecule has 1 aromatic carbocycles. The number of hydrogen-bond acceptors (Lipinski definition) is 3. The summed E-state index contributed by atoms with van der Waals surface area (Å²) in [7, 11) is 0. The average molecular weight is 252 g/mol. The Labute approximate surface area is 110 Å². The van der Waals surface area contributed by atoms with Crippen molar-refractivity contribution in [1.82, 2.24) is 0 Å². The predicted octanol–water partition coefficient (Wildman–Crippen LogP) is 2.01. The number of anilines is 1. The van der Waals surface area contributed by atoms with Gasteiger partial charge in [0.1, 0.15) is 0 Å². The van der Waals surface area contributed by atoms with Crippen molar-refractivity contribution in [2.75, 3.05) is 4.90 Å². The molecule has 19 heavy (non-hydrogen) atoms. The molecule has 0 spiro atoms. The lowest BCUT2D eigenvalue weighted by Gasteiger charge is -2.14. The first kappa shape index (κ1) is 11.7. The summed E-state index contributed by atoms with van der Waals surface area (Å²) >= 11 is 0. The highest BCUT2D eigenvalue weighted by Gasteiger charge is 2.47. The highest BCUT2D eigenvalue weighted by atomic mass is 16.2. The number of amides is 2. The van der Waals surface area contributed by atoms with Gasteiger partial charge in [0.05, 0.1) is 29.2 Å². The van der Waals surface area contributed by atoms with E-state index in [2.05, 4.69) is 0 Å². The van der Waals surface area contributed by atoms with E-state index in [1.165, 1.54) is 4.90 Å². The van der Waals surface area contributed by atoms with E-state index in [4.69, 9.17) is 5.26 Å². The second-order valence-electron chi connectivity index (χ2n) is 4.83. The number of benzene rings is 1. The zero-order chi connectivity index (χ0) is 13.4. The molecule has 0 saturated carbocycles. The number of carbonyl (C=O) groups excluding carboxylic acids is 2. The Bertz CT molecular complexity index is 584. The maximum Gasteiger partial charge on any atom is 0.238 e. The van der Waals surface area contributed by atoms with E-state index in [9.17, 15) is 9.59 Å². The van der Waals surface area contributed by atoms with Gasteiger partial charge < -0.3 is 0 Å². The number of rotatable bonds is 1. The molecule has 1 aliphatic carbocycles. The van der Waals surface area contributed by atoms with Crippen LogP contribution in [0.1, 0.15) is 18.4 Å². The summed E-state index contributed by atoms with van der Waals surface area (Å²) in [4.78, 5) is 25.9. The summed E-state index contributed by atoms with van der Waals surface area (Å²) in [6, 6.07) is 8.56. The van der Waals surface area contributed by atoms with Gasteiger partial charge in [0.2, 0.25) is 11.8 Å². The molecule has 4 nitrogen and oxygen atoms in total. The number of imide groups is 1. The molecule has 1 fully saturated rings. The zero-order valence-electron chi connectivity index (χ0n) is 10.2. The van der Waals surface area contributed by atoms with Gasteiger partial charge in [0.15, 0.2) is 0 Å². The molecule has 1 aromatic rings. The second kappa shape index (κ2) is 4.36. The van der Waals surface area contributed by atoms with Crippen LogP contribution in [-0.2, 0) is 9.59 Å². The third kappa shape index (κ3) is 1.75. The molecule has 2 unspecified atom stereocenters. The van der Waals surface area contributed by atoms with Crippen molar-refractivity contribution in [2.24, 2.45) is 11.8 Å². The van der Waals surface area contributed by atoms with Crippen molar-refractivity contribution >= 4 is 17.5 Å². The number of fused-ring (bicyclic) bond motifs is 1. The SMILES string of the molecule is N#Cc1ccc(N2C(=O)C3CC=CCC3C2=O)cc1. The van der Waals surface area contributed by atoms with Gasteiger partial charge in [-0.2, -0.15) is 5.26 Å². The molecule has 0 bridgehead atoms. The van der Waals surface area contributed by atoms with Crippen molar-refractivity contribution < 1.29 is 9.59 Å². The predicted molar refractivity (Wildman–Crippen MR) is 69.0 cm³/mol. The fourth-order valence-corrected chi connectivity index (χ4v) is 2.74. The Morgan fingerprint density at radius 2 is 1.53 bits per heavy atom. The Hall–Kier alpha value is -2.41. The molecule has 1 heterocycles. The van der Waals surface area contributed by atoms with Gasteiger partial charge in [-0.1, -0.05) is 12.2 Å². The zero-order valence-corrected chi connectivity index (χ0v) is 10.2. The Balaban J connectivity index is 1.95. The lowest BCUT2D eigenvalue weighted by Crippen LogP contribution is -2.30. The Morgan fingerprint density at radius 3 is 2.00 bits per heavy atom. The van der Waals surface area contributed by atoms with Gasteiger partial charge in [-0.05, 0) is 37.1 Å². The van der Waals surface area contributed by atoms with E-state index in [-0.39, 0.29) is 23.7 Å². The van der Waals surface area contributed by atoms with Crippen LogP contribution in [0.25, 0.3) is 0 Å². The Morgan fingerprint density at radius 1 is 1.00 bits per heavy atom. The lowest BCUT2D eigenvalue weighted by atomic mass is 9.85. The fourth-order valence-electron chi connectivity index (χ4n) is 2.74. The van der Waals surface area contributed by atoms with Crippen LogP contribution < -0.4 is 4.90 Å². The first-order valence-electron chi connectivity index (χ1n) is 6.25. The highest BCUT2D eigenvalue weighted by molar-refractivity contribution is 6.22. The quantitative estimate of drug-likeness (QED) is 0.567. The van der Waals surface area contributed by atoms with E-state index >= 15 is 0 Å². The molecular formula is C15H12N2O2. The average Bonchev–Trinajstić information content (AvgIpc) is 2.72. The van der Waals surface area contributed by atoms with Crippen molar-refractivity contribution in [2.45, 2.75) is 12.8 Å². The molecule has 2 aliphatic rings. The standard InChI is InChI=1S/C15H12N2O2/c16-9-10-5-7-11(8-6-10)17-14(18)12-3-1-2-4-13(12)15(17)19/h1-2,5-8,12-13H,3-4H2. The first-order chi connectivity index (χ1) is 9.22. The normalized spacial score (nSPS) is 25.3. The van der Waals surface area contributed by atoms with E-state index in [0.29, 0.717) is 24.1 Å². The maximum absolute atomic E-state index is 12.3. The van der Waals surface area contributed by atoms with Crippen molar-refractivity contribution in [3.63, 3.8) is 0 Å². The first-order valence-corrected chi connectivity index (χ1v) is 6.25. The number of allylic oxidation sites excluding steroid dienone is 2. The topological polar surface area (TPSA) is 61.2 Å². The molecule has 2 atom stereocenters. The van der Waals surface area contributed by atoms with Crippen molar-refractivity contribution in [3.05, 3.63) is 42.0 Å². The van der Waals surface area contributed by atoms with E-state index < -0.39 is 0 Å². The van der Waals surface area contributed by atoms with Crippen LogP contribution in [-0.4, -0.2) is 11.8 Å². The van der Waals surface area contributed by atoms with Gasteiger partial charge in [0, 0.05) is 0 Å². The summed E-state index contributed by atoms with van der Waals surface area (Å²) in [6.45, 7) is 0. The van der Waals surface area contributed by atoms with E-state index in [0.717, 1.165) is 0 Å². The molecule has 4 heteroatoms. The summed E-state index contributed by atoms with van der Waals surface area (Å²) < 4.78 is 0. The fraction of sp³-hybridized carbons (Fsp3) is 0.267. The van der Waals surface area contributed by atoms with Gasteiger partial charge in [-0.15, -0.1) is 0 Å². The molecule has 0 N–H and O–H groups in total. The smallest absolute Gasteiger partial charge is 0.238 e. The summed E-state index contributed by atoms with van der Waals surface area (Å²) in [5.41, 5.74) is 1.07. The molecule has 2 amide bonds. The van der Waals surface area contributed by atoms with Crippen LogP contribution in [0.2, 0.25) is 0 Å². The van der Waals surface area contributed by atoms with Crippen LogP contribution >= 0.6 is 0 Å². The molecule has 94 valence electrons. The monoisotopic (exact) mass is 252 g/mol. The van der Waals surface area contributed by atoms with Crippen molar-refractivity contribution in [3.8, 4) is 6.07 Å². The summed E-state index contributed by atoms with van der Waals surface area (Å²) in [6.07, 6.45) is 5.22. The van der Waals surface area contributed by atoms with Gasteiger partial charge in [-0.25, -0.2) is 0 Å². The highest BCUT2D eigenvalue weighted by Crippen LogP contribution is 2.37. The summed E-state index contributed by atoms with van der Waals surface area (Å²) in [5, 5.41) is 8.76. The largest absolute Gasteiger partial charge is 0.274 e. The van der Waals surface area contributed by atoms with E-state index in [1.54, 1.807) is 24.3 Å². The molecule has 1 saturated heterocycles. The summed E-state index contributed by atoms with van der Waals surface area (Å²) in [5.74, 6) is -0.672. The molecule has 1 aliphatic heterocycles. The molecular weight excluding hydrogens is 240 g/mol. The third-order valence-electron chi connectivity index (χ3n) is 3.76.